The Morgan fingerprint density at radius 2 is 1.82 bits per heavy atom. The first-order valence-corrected chi connectivity index (χ1v) is 12.7. The largest absolute Gasteiger partial charge is 0.495 e. The zero-order valence-corrected chi connectivity index (χ0v) is 20.1. The molecule has 3 aromatic rings. The third-order valence-electron chi connectivity index (χ3n) is 5.39. The van der Waals surface area contributed by atoms with Crippen LogP contribution in [-0.2, 0) is 10.0 Å². The van der Waals surface area contributed by atoms with Crippen molar-refractivity contribution in [3.63, 3.8) is 0 Å². The molecule has 2 N–H and O–H groups in total. The topological polar surface area (TPSA) is 70.7 Å². The maximum atomic E-state index is 14.1. The molecule has 176 valence electrons. The van der Waals surface area contributed by atoms with E-state index in [0.29, 0.717) is 16.3 Å². The highest BCUT2D eigenvalue weighted by Crippen LogP contribution is 2.36. The lowest BCUT2D eigenvalue weighted by atomic mass is 10.1. The number of nitrogens with zero attached hydrogens (tertiary/aromatic N) is 1. The van der Waals surface area contributed by atoms with Gasteiger partial charge in [0.1, 0.15) is 9.96 Å². The van der Waals surface area contributed by atoms with Crippen molar-refractivity contribution < 1.29 is 21.9 Å². The quantitative estimate of drug-likeness (QED) is 0.521. The Morgan fingerprint density at radius 3 is 2.52 bits per heavy atom. The summed E-state index contributed by atoms with van der Waals surface area (Å²) in [5.74, 6) is -1.33. The summed E-state index contributed by atoms with van der Waals surface area (Å²) in [7, 11) is -2.35. The molecule has 10 heteroatoms. The van der Waals surface area contributed by atoms with E-state index >= 15 is 0 Å². The number of benzene rings is 2. The number of hydrogen-bond donors (Lipinski definition) is 2. The first kappa shape index (κ1) is 23.5. The van der Waals surface area contributed by atoms with Gasteiger partial charge in [0.25, 0.3) is 10.0 Å². The van der Waals surface area contributed by atoms with Crippen LogP contribution >= 0.6 is 11.3 Å². The zero-order valence-electron chi connectivity index (χ0n) is 18.4. The third-order valence-corrected chi connectivity index (χ3v) is 8.38. The predicted octanol–water partition coefficient (Wildman–Crippen LogP) is 4.69. The van der Waals surface area contributed by atoms with Crippen LogP contribution in [0.1, 0.15) is 13.8 Å². The van der Waals surface area contributed by atoms with Crippen molar-refractivity contribution in [1.82, 2.24) is 5.32 Å². The van der Waals surface area contributed by atoms with Crippen molar-refractivity contribution in [3.05, 3.63) is 60.2 Å². The molecule has 1 aliphatic rings. The van der Waals surface area contributed by atoms with E-state index in [9.17, 15) is 17.2 Å². The number of hydrogen-bond acceptors (Lipinski definition) is 6. The average Bonchev–Trinajstić information content (AvgIpc) is 3.26. The molecule has 2 heterocycles. The summed E-state index contributed by atoms with van der Waals surface area (Å²) >= 11 is 0.875. The minimum atomic E-state index is -3.93. The second-order valence-electron chi connectivity index (χ2n) is 8.09. The van der Waals surface area contributed by atoms with Gasteiger partial charge >= 0.3 is 0 Å². The predicted molar refractivity (Wildman–Crippen MR) is 128 cm³/mol. The highest BCUT2D eigenvalue weighted by molar-refractivity contribution is 7.94. The average molecular weight is 494 g/mol. The summed E-state index contributed by atoms with van der Waals surface area (Å²) in [5, 5.41) is 3.47. The fraction of sp³-hybridized carbons (Fsp3) is 0.304. The maximum Gasteiger partial charge on any atom is 0.271 e. The molecule has 0 spiro atoms. The Bertz CT molecular complexity index is 1250. The van der Waals surface area contributed by atoms with Gasteiger partial charge in [0.2, 0.25) is 0 Å². The second kappa shape index (κ2) is 9.28. The number of sulfonamides is 1. The summed E-state index contributed by atoms with van der Waals surface area (Å²) in [6.45, 7) is 5.70. The highest BCUT2D eigenvalue weighted by atomic mass is 32.2. The second-order valence-corrected chi connectivity index (χ2v) is 11.1. The minimum absolute atomic E-state index is 0.00273. The number of anilines is 2. The number of ether oxygens (including phenoxy) is 1. The number of nitrogens with one attached hydrogen (secondary N) is 2. The Balaban J connectivity index is 1.61. The van der Waals surface area contributed by atoms with Gasteiger partial charge in [-0.25, -0.2) is 17.2 Å². The first-order valence-electron chi connectivity index (χ1n) is 10.4. The first-order chi connectivity index (χ1) is 15.7. The number of rotatable bonds is 6. The fourth-order valence-corrected chi connectivity index (χ4v) is 6.41. The van der Waals surface area contributed by atoms with Crippen molar-refractivity contribution in [2.24, 2.45) is 0 Å². The molecular formula is C23H25F2N3O3S2. The molecule has 1 aliphatic heterocycles. The summed E-state index contributed by atoms with van der Waals surface area (Å²) in [6.07, 6.45) is 0. The van der Waals surface area contributed by atoms with Gasteiger partial charge in [0.15, 0.2) is 11.6 Å². The SMILES string of the molecule is COc1ccc(NS(=O)(=O)c2ccc(-c3cccc(F)c3F)s2)cc1N1C[C@@H](C)N[C@@H](C)C1. The molecule has 2 atom stereocenters. The lowest BCUT2D eigenvalue weighted by molar-refractivity contribution is 0.391. The van der Waals surface area contributed by atoms with Crippen LogP contribution in [0.2, 0.25) is 0 Å². The maximum absolute atomic E-state index is 14.1. The smallest absolute Gasteiger partial charge is 0.271 e. The van der Waals surface area contributed by atoms with E-state index < -0.39 is 21.7 Å². The molecule has 0 unspecified atom stereocenters. The molecule has 0 saturated carbocycles. The molecule has 0 aliphatic carbocycles. The lowest BCUT2D eigenvalue weighted by Gasteiger charge is -2.38. The van der Waals surface area contributed by atoms with Crippen LogP contribution in [0.25, 0.3) is 10.4 Å². The monoisotopic (exact) mass is 493 g/mol. The molecule has 0 radical (unpaired) electrons. The van der Waals surface area contributed by atoms with Crippen LogP contribution in [0.15, 0.2) is 52.7 Å². The zero-order chi connectivity index (χ0) is 23.8. The summed E-state index contributed by atoms with van der Waals surface area (Å²) < 4.78 is 61.9. The molecular weight excluding hydrogens is 468 g/mol. The van der Waals surface area contributed by atoms with E-state index in [0.717, 1.165) is 36.2 Å². The number of methoxy groups -OCH3 is 1. The van der Waals surface area contributed by atoms with Gasteiger partial charge in [-0.3, -0.25) is 4.72 Å². The van der Waals surface area contributed by atoms with Crippen LogP contribution in [0.5, 0.6) is 5.75 Å². The van der Waals surface area contributed by atoms with Crippen LogP contribution in [0, 0.1) is 11.6 Å². The van der Waals surface area contributed by atoms with Gasteiger partial charge in [-0.05, 0) is 50.2 Å². The summed E-state index contributed by atoms with van der Waals surface area (Å²) in [6, 6.07) is 12.3. The van der Waals surface area contributed by atoms with Gasteiger partial charge in [0.05, 0.1) is 18.5 Å². The van der Waals surface area contributed by atoms with E-state index in [-0.39, 0.29) is 21.9 Å². The molecule has 4 rings (SSSR count). The van der Waals surface area contributed by atoms with Gasteiger partial charge in [-0.15, -0.1) is 11.3 Å². The molecule has 0 amide bonds. The van der Waals surface area contributed by atoms with Gasteiger partial charge in [-0.1, -0.05) is 12.1 Å². The highest BCUT2D eigenvalue weighted by Gasteiger charge is 2.25. The van der Waals surface area contributed by atoms with Crippen LogP contribution in [0.4, 0.5) is 20.2 Å². The number of halogens is 2. The Hall–Kier alpha value is -2.69. The Kier molecular flexibility index (Phi) is 6.60. The minimum Gasteiger partial charge on any atom is -0.495 e. The van der Waals surface area contributed by atoms with E-state index in [1.54, 1.807) is 25.3 Å². The molecule has 33 heavy (non-hydrogen) atoms. The van der Waals surface area contributed by atoms with Crippen LogP contribution in [-0.4, -0.2) is 40.7 Å². The van der Waals surface area contributed by atoms with E-state index in [4.69, 9.17) is 4.74 Å². The van der Waals surface area contributed by atoms with Crippen LogP contribution < -0.4 is 19.7 Å². The number of thiophene rings is 1. The van der Waals surface area contributed by atoms with Crippen molar-refractivity contribution in [3.8, 4) is 16.2 Å². The van der Waals surface area contributed by atoms with Crippen LogP contribution in [0.3, 0.4) is 0 Å². The molecule has 6 nitrogen and oxygen atoms in total. The van der Waals surface area contributed by atoms with E-state index in [1.165, 1.54) is 24.3 Å². The van der Waals surface area contributed by atoms with E-state index in [2.05, 4.69) is 28.8 Å². The molecule has 2 aromatic carbocycles. The summed E-state index contributed by atoms with van der Waals surface area (Å²) in [5.41, 5.74) is 1.21. The molecule has 1 fully saturated rings. The van der Waals surface area contributed by atoms with E-state index in [1.807, 2.05) is 0 Å². The Morgan fingerprint density at radius 1 is 1.09 bits per heavy atom. The van der Waals surface area contributed by atoms with Gasteiger partial charge < -0.3 is 15.0 Å². The fourth-order valence-electron chi connectivity index (χ4n) is 4.03. The normalized spacial score (nSPS) is 18.9. The van der Waals surface area contributed by atoms with Crippen molar-refractivity contribution in [2.75, 3.05) is 29.8 Å². The molecule has 1 saturated heterocycles. The summed E-state index contributed by atoms with van der Waals surface area (Å²) in [4.78, 5) is 2.49. The van der Waals surface area contributed by atoms with Gasteiger partial charge in [0, 0.05) is 35.6 Å². The van der Waals surface area contributed by atoms with Gasteiger partial charge in [-0.2, -0.15) is 0 Å². The van der Waals surface area contributed by atoms with Crippen molar-refractivity contribution in [2.45, 2.75) is 30.1 Å². The Labute approximate surface area is 196 Å². The third kappa shape index (κ3) is 4.97. The molecule has 0 bridgehead atoms. The lowest BCUT2D eigenvalue weighted by Crippen LogP contribution is -2.54. The number of piperazine rings is 1. The molecule has 1 aromatic heterocycles. The van der Waals surface area contributed by atoms with Crippen molar-refractivity contribution in [1.29, 1.82) is 0 Å². The van der Waals surface area contributed by atoms with Crippen molar-refractivity contribution >= 4 is 32.7 Å². The standard InChI is InChI=1S/C23H25F2N3O3S2/c1-14-12-28(13-15(2)26-14)19-11-16(7-8-20(19)31-3)27-33(29,30)22-10-9-21(32-22)17-5-4-6-18(24)23(17)25/h4-11,14-15,26-27H,12-13H2,1-3H3/t14-,15+.